The van der Waals surface area contributed by atoms with E-state index in [1.807, 2.05) is 30.3 Å². The van der Waals surface area contributed by atoms with Gasteiger partial charge in [0.2, 0.25) is 5.76 Å². The number of anilines is 1. The third-order valence-electron chi connectivity index (χ3n) is 2.97. The Morgan fingerprint density at radius 2 is 2.04 bits per heavy atom. The molecule has 1 N–H and O–H groups in total. The average Bonchev–Trinajstić information content (AvgIpc) is 3.01. The molecule has 1 amide bonds. The topological polar surface area (TPSA) is 68.0 Å². The van der Waals surface area contributed by atoms with Gasteiger partial charge in [0.15, 0.2) is 0 Å². The summed E-state index contributed by atoms with van der Waals surface area (Å²) in [4.78, 5) is 16.2. The minimum atomic E-state index is -0.347. The van der Waals surface area contributed by atoms with Crippen LogP contribution in [0.3, 0.4) is 0 Å². The maximum atomic E-state index is 12.0. The Morgan fingerprint density at radius 1 is 1.13 bits per heavy atom. The molecule has 0 aliphatic carbocycles. The third-order valence-corrected chi connectivity index (χ3v) is 2.97. The van der Waals surface area contributed by atoms with Crippen LogP contribution in [-0.4, -0.2) is 16.0 Å². The summed E-state index contributed by atoms with van der Waals surface area (Å²) in [5.74, 6) is 5.82. The van der Waals surface area contributed by atoms with Gasteiger partial charge in [-0.2, -0.15) is 0 Å². The molecule has 2 aromatic heterocycles. The van der Waals surface area contributed by atoms with Crippen molar-refractivity contribution in [1.82, 2.24) is 10.1 Å². The number of carbonyl (C=O) groups excluding carboxylic acids is 1. The number of amides is 1. The van der Waals surface area contributed by atoms with Gasteiger partial charge < -0.3 is 9.84 Å². The maximum absolute atomic E-state index is 12.0. The molecule has 0 radical (unpaired) electrons. The maximum Gasteiger partial charge on any atom is 0.294 e. The molecule has 0 aliphatic heterocycles. The number of hydrogen-bond donors (Lipinski definition) is 1. The summed E-state index contributed by atoms with van der Waals surface area (Å²) < 4.78 is 4.94. The molecule has 112 valence electrons. The van der Waals surface area contributed by atoms with Crippen LogP contribution in [0.2, 0.25) is 0 Å². The van der Waals surface area contributed by atoms with Gasteiger partial charge in [-0.1, -0.05) is 23.2 Å². The zero-order chi connectivity index (χ0) is 16.1. The van der Waals surface area contributed by atoms with Crippen LogP contribution >= 0.6 is 0 Å². The third kappa shape index (κ3) is 3.83. The number of aromatic nitrogens is 2. The monoisotopic (exact) mass is 303 g/mol. The minimum Gasteiger partial charge on any atom is -0.351 e. The fourth-order valence-corrected chi connectivity index (χ4v) is 1.91. The zero-order valence-electron chi connectivity index (χ0n) is 12.4. The smallest absolute Gasteiger partial charge is 0.294 e. The first-order valence-electron chi connectivity index (χ1n) is 6.98. The summed E-state index contributed by atoms with van der Waals surface area (Å²) in [7, 11) is 0. The molecule has 3 rings (SSSR count). The van der Waals surface area contributed by atoms with Crippen LogP contribution in [0, 0.1) is 18.8 Å². The molecule has 1 aromatic carbocycles. The lowest BCUT2D eigenvalue weighted by molar-refractivity contribution is 0.0988. The quantitative estimate of drug-likeness (QED) is 0.739. The van der Waals surface area contributed by atoms with E-state index in [1.165, 1.54) is 0 Å². The van der Waals surface area contributed by atoms with Gasteiger partial charge in [0.25, 0.3) is 5.91 Å². The van der Waals surface area contributed by atoms with E-state index in [4.69, 9.17) is 4.52 Å². The second-order valence-electron chi connectivity index (χ2n) is 4.83. The van der Waals surface area contributed by atoms with Crippen molar-refractivity contribution in [2.75, 3.05) is 5.32 Å². The number of nitrogens with one attached hydrogen (secondary N) is 1. The Hall–Kier alpha value is -3.39. The van der Waals surface area contributed by atoms with Crippen LogP contribution in [0.4, 0.5) is 5.69 Å². The van der Waals surface area contributed by atoms with Crippen LogP contribution in [-0.2, 0) is 0 Å². The zero-order valence-corrected chi connectivity index (χ0v) is 12.4. The molecule has 5 nitrogen and oxygen atoms in total. The van der Waals surface area contributed by atoms with Crippen molar-refractivity contribution in [3.63, 3.8) is 0 Å². The molecule has 2 heterocycles. The predicted octanol–water partition coefficient (Wildman–Crippen LogP) is 3.03. The second kappa shape index (κ2) is 6.58. The van der Waals surface area contributed by atoms with Crippen molar-refractivity contribution in [3.8, 4) is 11.8 Å². The van der Waals surface area contributed by atoms with Gasteiger partial charge in [0, 0.05) is 23.5 Å². The molecule has 23 heavy (non-hydrogen) atoms. The number of nitrogens with zero attached hydrogens (tertiary/aromatic N) is 2. The number of carbonyl (C=O) groups is 1. The van der Waals surface area contributed by atoms with Crippen molar-refractivity contribution in [2.45, 2.75) is 6.92 Å². The van der Waals surface area contributed by atoms with E-state index in [2.05, 4.69) is 27.3 Å². The minimum absolute atomic E-state index is 0.174. The standard InChI is InChI=1S/C18H13N3O2/c1-13-11-17(23-21-13)18(22)20-16-7-4-5-14(12-16)8-9-15-6-2-3-10-19-15/h2-7,10-12H,1H3,(H,20,22). The van der Waals surface area contributed by atoms with E-state index >= 15 is 0 Å². The molecule has 5 heteroatoms. The van der Waals surface area contributed by atoms with Crippen molar-refractivity contribution in [1.29, 1.82) is 0 Å². The van der Waals surface area contributed by atoms with Crippen LogP contribution < -0.4 is 5.32 Å². The van der Waals surface area contributed by atoms with Gasteiger partial charge in [-0.15, -0.1) is 0 Å². The summed E-state index contributed by atoms with van der Waals surface area (Å²) in [5.41, 5.74) is 2.77. The van der Waals surface area contributed by atoms with Crippen molar-refractivity contribution >= 4 is 11.6 Å². The van der Waals surface area contributed by atoms with E-state index in [9.17, 15) is 4.79 Å². The Labute approximate surface area is 133 Å². The summed E-state index contributed by atoms with van der Waals surface area (Å²) in [6.45, 7) is 1.76. The lowest BCUT2D eigenvalue weighted by Crippen LogP contribution is -2.10. The molecule has 0 fully saturated rings. The van der Waals surface area contributed by atoms with Crippen LogP contribution in [0.25, 0.3) is 0 Å². The SMILES string of the molecule is Cc1cc(C(=O)Nc2cccc(C#Cc3ccccn3)c2)on1. The van der Waals surface area contributed by atoms with Gasteiger partial charge >= 0.3 is 0 Å². The van der Waals surface area contributed by atoms with Gasteiger partial charge in [-0.3, -0.25) is 4.79 Å². The number of rotatable bonds is 2. The van der Waals surface area contributed by atoms with Crippen LogP contribution in [0.5, 0.6) is 0 Å². The number of benzene rings is 1. The van der Waals surface area contributed by atoms with Gasteiger partial charge in [-0.05, 0) is 43.2 Å². The number of pyridine rings is 1. The summed E-state index contributed by atoms with van der Waals surface area (Å²) in [6.07, 6.45) is 1.69. The molecule has 0 aliphatic rings. The lowest BCUT2D eigenvalue weighted by Gasteiger charge is -2.02. The summed E-state index contributed by atoms with van der Waals surface area (Å²) in [5, 5.41) is 6.45. The van der Waals surface area contributed by atoms with E-state index < -0.39 is 0 Å². The van der Waals surface area contributed by atoms with Crippen molar-refractivity contribution in [3.05, 3.63) is 77.4 Å². The van der Waals surface area contributed by atoms with Gasteiger partial charge in [0.05, 0.1) is 5.69 Å². The summed E-state index contributed by atoms with van der Waals surface area (Å²) >= 11 is 0. The predicted molar refractivity (Wildman–Crippen MR) is 85.9 cm³/mol. The van der Waals surface area contributed by atoms with Crippen LogP contribution in [0.15, 0.2) is 59.3 Å². The summed E-state index contributed by atoms with van der Waals surface area (Å²) in [6, 6.07) is 14.4. The molecule has 3 aromatic rings. The first kappa shape index (κ1) is 14.5. The molecule has 0 saturated heterocycles. The molecule has 0 bridgehead atoms. The second-order valence-corrected chi connectivity index (χ2v) is 4.83. The Bertz CT molecular complexity index is 889. The highest BCUT2D eigenvalue weighted by molar-refractivity contribution is 6.02. The van der Waals surface area contributed by atoms with Crippen molar-refractivity contribution in [2.24, 2.45) is 0 Å². The highest BCUT2D eigenvalue weighted by atomic mass is 16.5. The lowest BCUT2D eigenvalue weighted by atomic mass is 10.2. The van der Waals surface area contributed by atoms with E-state index in [0.29, 0.717) is 17.1 Å². The molecular formula is C18H13N3O2. The number of aryl methyl sites for hydroxylation is 1. The molecule has 0 saturated carbocycles. The fourth-order valence-electron chi connectivity index (χ4n) is 1.91. The normalized spacial score (nSPS) is 9.78. The van der Waals surface area contributed by atoms with Gasteiger partial charge in [0.1, 0.15) is 5.69 Å². The Kier molecular flexibility index (Phi) is 4.16. The average molecular weight is 303 g/mol. The van der Waals surface area contributed by atoms with E-state index in [0.717, 1.165) is 5.56 Å². The first-order chi connectivity index (χ1) is 11.2. The van der Waals surface area contributed by atoms with Gasteiger partial charge in [-0.25, -0.2) is 4.98 Å². The highest BCUT2D eigenvalue weighted by Gasteiger charge is 2.11. The molecule has 0 atom stereocenters. The van der Waals surface area contributed by atoms with Crippen LogP contribution in [0.1, 0.15) is 27.5 Å². The van der Waals surface area contributed by atoms with E-state index in [1.54, 1.807) is 31.3 Å². The molecular weight excluding hydrogens is 290 g/mol. The largest absolute Gasteiger partial charge is 0.351 e. The first-order valence-corrected chi connectivity index (χ1v) is 6.98. The number of hydrogen-bond acceptors (Lipinski definition) is 4. The van der Waals surface area contributed by atoms with E-state index in [-0.39, 0.29) is 11.7 Å². The Morgan fingerprint density at radius 3 is 2.78 bits per heavy atom. The fraction of sp³-hybridized carbons (Fsp3) is 0.0556. The van der Waals surface area contributed by atoms with Crippen molar-refractivity contribution < 1.29 is 9.32 Å². The Balaban J connectivity index is 1.75. The highest BCUT2D eigenvalue weighted by Crippen LogP contribution is 2.12. The molecule has 0 unspecified atom stereocenters. The molecule has 0 spiro atoms.